The molecule has 3 heteroatoms. The number of hydrogen-bond donors (Lipinski definition) is 1. The Hall–Kier alpha value is -0.990. The lowest BCUT2D eigenvalue weighted by Gasteiger charge is -2.12. The molecule has 0 radical (unpaired) electrons. The minimum absolute atomic E-state index is 0.603. The predicted octanol–water partition coefficient (Wildman–Crippen LogP) is 4.62. The number of unbranched alkanes of at least 4 members (excludes halogenated alkanes) is 1. The van der Waals surface area contributed by atoms with Crippen LogP contribution >= 0.6 is 11.6 Å². The number of nitrogens with one attached hydrogen (secondary N) is 1. The lowest BCUT2D eigenvalue weighted by molar-refractivity contribution is 0.302. The Morgan fingerprint density at radius 2 is 2.20 bits per heavy atom. The van der Waals surface area contributed by atoms with E-state index >= 15 is 0 Å². The molecule has 1 aromatic carbocycles. The fourth-order valence-corrected chi connectivity index (χ4v) is 2.10. The molecule has 112 valence electrons. The van der Waals surface area contributed by atoms with Crippen molar-refractivity contribution in [3.8, 4) is 5.75 Å². The topological polar surface area (TPSA) is 21.3 Å². The molecule has 0 aliphatic carbocycles. The van der Waals surface area contributed by atoms with E-state index in [-0.39, 0.29) is 0 Å². The van der Waals surface area contributed by atoms with Crippen LogP contribution in [0.1, 0.15) is 38.7 Å². The first kappa shape index (κ1) is 17.1. The van der Waals surface area contributed by atoms with Crippen LogP contribution in [0.15, 0.2) is 30.9 Å². The van der Waals surface area contributed by atoms with Gasteiger partial charge >= 0.3 is 0 Å². The summed E-state index contributed by atoms with van der Waals surface area (Å²) >= 11 is 6.00. The third kappa shape index (κ3) is 6.44. The summed E-state index contributed by atoms with van der Waals surface area (Å²) in [7, 11) is 0. The highest BCUT2D eigenvalue weighted by Gasteiger charge is 2.03. The summed E-state index contributed by atoms with van der Waals surface area (Å²) in [6.45, 7) is 9.97. The summed E-state index contributed by atoms with van der Waals surface area (Å²) in [5.74, 6) is 0.921. The van der Waals surface area contributed by atoms with Gasteiger partial charge in [-0.2, -0.15) is 0 Å². The molecule has 0 saturated carbocycles. The first-order valence-corrected chi connectivity index (χ1v) is 7.80. The first-order valence-electron chi connectivity index (χ1n) is 7.42. The molecule has 1 atom stereocenters. The van der Waals surface area contributed by atoms with E-state index in [2.05, 4.69) is 25.7 Å². The summed E-state index contributed by atoms with van der Waals surface area (Å²) < 4.78 is 5.84. The van der Waals surface area contributed by atoms with Crippen LogP contribution in [0.4, 0.5) is 0 Å². The Morgan fingerprint density at radius 3 is 2.90 bits per heavy atom. The Balaban J connectivity index is 2.29. The van der Waals surface area contributed by atoms with Crippen molar-refractivity contribution in [3.05, 3.63) is 41.4 Å². The van der Waals surface area contributed by atoms with Gasteiger partial charge in [0.05, 0.1) is 6.61 Å². The molecule has 2 nitrogen and oxygen atoms in total. The average molecular weight is 296 g/mol. The van der Waals surface area contributed by atoms with Gasteiger partial charge in [-0.15, -0.1) is 6.58 Å². The largest absolute Gasteiger partial charge is 0.493 e. The molecule has 0 saturated heterocycles. The molecule has 0 fully saturated rings. The van der Waals surface area contributed by atoms with Gasteiger partial charge in [0.1, 0.15) is 5.75 Å². The van der Waals surface area contributed by atoms with E-state index in [4.69, 9.17) is 16.3 Å². The van der Waals surface area contributed by atoms with Crippen molar-refractivity contribution in [2.45, 2.75) is 45.6 Å². The number of hydrogen-bond acceptors (Lipinski definition) is 2. The third-order valence-corrected chi connectivity index (χ3v) is 3.56. The fourth-order valence-electron chi connectivity index (χ4n) is 1.91. The van der Waals surface area contributed by atoms with Crippen molar-refractivity contribution >= 4 is 11.6 Å². The number of rotatable bonds is 10. The molecule has 0 spiro atoms. The predicted molar refractivity (Wildman–Crippen MR) is 87.8 cm³/mol. The van der Waals surface area contributed by atoms with Gasteiger partial charge in [-0.3, -0.25) is 0 Å². The van der Waals surface area contributed by atoms with Crippen LogP contribution < -0.4 is 10.1 Å². The van der Waals surface area contributed by atoms with Crippen molar-refractivity contribution in [1.82, 2.24) is 5.32 Å². The van der Waals surface area contributed by atoms with Gasteiger partial charge in [0.15, 0.2) is 0 Å². The molecule has 0 heterocycles. The Labute approximate surface area is 128 Å². The molecule has 0 bridgehead atoms. The number of halogens is 1. The lowest BCUT2D eigenvalue weighted by atomic mass is 10.1. The van der Waals surface area contributed by atoms with Crippen molar-refractivity contribution in [2.75, 3.05) is 13.2 Å². The van der Waals surface area contributed by atoms with Crippen LogP contribution in [0.5, 0.6) is 5.75 Å². The van der Waals surface area contributed by atoms with Gasteiger partial charge in [-0.1, -0.05) is 24.6 Å². The second-order valence-corrected chi connectivity index (χ2v) is 5.50. The summed E-state index contributed by atoms with van der Waals surface area (Å²) in [6, 6.07) is 6.36. The standard InChI is InChI=1S/C17H26ClNO/c1-4-8-15-13-16(18)9-10-17(15)20-12-7-6-11-19-14(3)5-2/h4,9-10,13-14,19H,1,5-8,11-12H2,2-3H3/t14-/m1/s1. The maximum Gasteiger partial charge on any atom is 0.122 e. The molecule has 0 aliphatic rings. The van der Waals surface area contributed by atoms with E-state index in [0.29, 0.717) is 6.04 Å². The molecule has 1 rings (SSSR count). The quantitative estimate of drug-likeness (QED) is 0.502. The Bertz CT molecular complexity index is 406. The molecule has 1 aromatic rings. The van der Waals surface area contributed by atoms with Crippen LogP contribution in [0.25, 0.3) is 0 Å². The Morgan fingerprint density at radius 1 is 1.40 bits per heavy atom. The van der Waals surface area contributed by atoms with Gasteiger partial charge in [-0.05, 0) is 62.9 Å². The van der Waals surface area contributed by atoms with Gasteiger partial charge in [0.25, 0.3) is 0 Å². The summed E-state index contributed by atoms with van der Waals surface area (Å²) in [5, 5.41) is 4.23. The fraction of sp³-hybridized carbons (Fsp3) is 0.529. The lowest BCUT2D eigenvalue weighted by Crippen LogP contribution is -2.26. The van der Waals surface area contributed by atoms with E-state index < -0.39 is 0 Å². The van der Waals surface area contributed by atoms with Crippen molar-refractivity contribution in [1.29, 1.82) is 0 Å². The number of allylic oxidation sites excluding steroid dienone is 1. The van der Waals surface area contributed by atoms with Gasteiger partial charge < -0.3 is 10.1 Å². The van der Waals surface area contributed by atoms with E-state index in [0.717, 1.165) is 48.7 Å². The van der Waals surface area contributed by atoms with Gasteiger partial charge in [0, 0.05) is 11.1 Å². The second kappa shape index (κ2) is 9.84. The van der Waals surface area contributed by atoms with Crippen molar-refractivity contribution in [2.24, 2.45) is 0 Å². The zero-order chi connectivity index (χ0) is 14.8. The van der Waals surface area contributed by atoms with Crippen LogP contribution in [0.2, 0.25) is 5.02 Å². The number of ether oxygens (including phenoxy) is 1. The van der Waals surface area contributed by atoms with Crippen LogP contribution in [0, 0.1) is 0 Å². The molecular weight excluding hydrogens is 270 g/mol. The Kier molecular flexibility index (Phi) is 8.40. The minimum atomic E-state index is 0.603. The molecule has 0 amide bonds. The highest BCUT2D eigenvalue weighted by molar-refractivity contribution is 6.30. The molecule has 1 N–H and O–H groups in total. The highest BCUT2D eigenvalue weighted by atomic mass is 35.5. The van der Waals surface area contributed by atoms with Crippen LogP contribution in [-0.4, -0.2) is 19.2 Å². The summed E-state index contributed by atoms with van der Waals surface area (Å²) in [6.07, 6.45) is 6.01. The molecular formula is C17H26ClNO. The van der Waals surface area contributed by atoms with Gasteiger partial charge in [0.2, 0.25) is 0 Å². The van der Waals surface area contributed by atoms with E-state index in [9.17, 15) is 0 Å². The molecule has 20 heavy (non-hydrogen) atoms. The van der Waals surface area contributed by atoms with Crippen LogP contribution in [-0.2, 0) is 6.42 Å². The second-order valence-electron chi connectivity index (χ2n) is 5.06. The first-order chi connectivity index (χ1) is 9.67. The minimum Gasteiger partial charge on any atom is -0.493 e. The number of benzene rings is 1. The maximum absolute atomic E-state index is 6.00. The third-order valence-electron chi connectivity index (χ3n) is 3.32. The van der Waals surface area contributed by atoms with E-state index in [1.54, 1.807) is 0 Å². The smallest absolute Gasteiger partial charge is 0.122 e. The van der Waals surface area contributed by atoms with E-state index in [1.807, 2.05) is 24.3 Å². The van der Waals surface area contributed by atoms with Crippen molar-refractivity contribution < 1.29 is 4.74 Å². The molecule has 0 unspecified atom stereocenters. The normalized spacial score (nSPS) is 12.2. The summed E-state index contributed by atoms with van der Waals surface area (Å²) in [4.78, 5) is 0. The maximum atomic E-state index is 6.00. The average Bonchev–Trinajstić information content (AvgIpc) is 2.44. The van der Waals surface area contributed by atoms with Gasteiger partial charge in [-0.25, -0.2) is 0 Å². The van der Waals surface area contributed by atoms with Crippen LogP contribution in [0.3, 0.4) is 0 Å². The highest BCUT2D eigenvalue weighted by Crippen LogP contribution is 2.23. The van der Waals surface area contributed by atoms with Crippen molar-refractivity contribution in [3.63, 3.8) is 0 Å². The SMILES string of the molecule is C=CCc1cc(Cl)ccc1OCCCCN[C@H](C)CC. The monoisotopic (exact) mass is 295 g/mol. The zero-order valence-corrected chi connectivity index (χ0v) is 13.4. The van der Waals surface area contributed by atoms with E-state index in [1.165, 1.54) is 6.42 Å². The zero-order valence-electron chi connectivity index (χ0n) is 12.6. The summed E-state index contributed by atoms with van der Waals surface area (Å²) in [5.41, 5.74) is 1.10. The molecule has 0 aromatic heterocycles. The molecule has 0 aliphatic heterocycles.